The van der Waals surface area contributed by atoms with Crippen molar-refractivity contribution in [1.29, 1.82) is 0 Å². The van der Waals surface area contributed by atoms with E-state index >= 15 is 0 Å². The second-order valence-electron chi connectivity index (χ2n) is 8.08. The van der Waals surface area contributed by atoms with E-state index in [4.69, 9.17) is 4.74 Å². The molecule has 11 heteroatoms. The van der Waals surface area contributed by atoms with Crippen LogP contribution in [0.1, 0.15) is 31.5 Å². The summed E-state index contributed by atoms with van der Waals surface area (Å²) < 4.78 is 44.4. The smallest absolute Gasteiger partial charge is 0.407 e. The molecule has 2 N–H and O–H groups in total. The summed E-state index contributed by atoms with van der Waals surface area (Å²) in [6.45, 7) is 4.82. The Hall–Kier alpha value is -3.63. The number of carbonyl (C=O) groups excluding carboxylic acids is 1. The van der Waals surface area contributed by atoms with Crippen LogP contribution in [0.25, 0.3) is 11.1 Å². The Kier molecular flexibility index (Phi) is 7.52. The average Bonchev–Trinajstić information content (AvgIpc) is 3.19. The van der Waals surface area contributed by atoms with Crippen molar-refractivity contribution in [3.8, 4) is 11.1 Å². The molecule has 0 spiro atoms. The van der Waals surface area contributed by atoms with E-state index in [2.05, 4.69) is 25.7 Å². The summed E-state index contributed by atoms with van der Waals surface area (Å²) in [5, 5.41) is 10.0. The zero-order chi connectivity index (χ0) is 24.0. The van der Waals surface area contributed by atoms with Gasteiger partial charge in [-0.2, -0.15) is 5.10 Å². The monoisotopic (exact) mass is 462 g/mol. The SMILES string of the molecule is Cc1cc(Nc2nccc(C(F)F)n2)cc(-c2cnn(CC(C)(C)NC(=O)OCCF)c2)c1. The Morgan fingerprint density at radius 1 is 1.24 bits per heavy atom. The lowest BCUT2D eigenvalue weighted by atomic mass is 10.1. The molecular formula is C22H25F3N6O2. The van der Waals surface area contributed by atoms with Gasteiger partial charge in [0.15, 0.2) is 0 Å². The van der Waals surface area contributed by atoms with E-state index in [0.717, 1.165) is 16.7 Å². The Morgan fingerprint density at radius 2 is 2.03 bits per heavy atom. The Morgan fingerprint density at radius 3 is 2.76 bits per heavy atom. The molecule has 2 heterocycles. The van der Waals surface area contributed by atoms with E-state index < -0.39 is 24.7 Å². The van der Waals surface area contributed by atoms with Gasteiger partial charge in [-0.3, -0.25) is 4.68 Å². The predicted molar refractivity (Wildman–Crippen MR) is 117 cm³/mol. The number of rotatable bonds is 9. The van der Waals surface area contributed by atoms with Crippen molar-refractivity contribution in [3.63, 3.8) is 0 Å². The number of hydrogen-bond acceptors (Lipinski definition) is 6. The van der Waals surface area contributed by atoms with Gasteiger partial charge in [-0.25, -0.2) is 27.9 Å². The van der Waals surface area contributed by atoms with Gasteiger partial charge in [-0.15, -0.1) is 0 Å². The summed E-state index contributed by atoms with van der Waals surface area (Å²) in [6, 6.07) is 6.82. The van der Waals surface area contributed by atoms with Crippen molar-refractivity contribution in [2.45, 2.75) is 39.3 Å². The number of anilines is 2. The normalized spacial score (nSPS) is 11.5. The number of hydrogen-bond donors (Lipinski definition) is 2. The minimum absolute atomic E-state index is 0.0764. The van der Waals surface area contributed by atoms with E-state index in [1.807, 2.05) is 31.3 Å². The van der Waals surface area contributed by atoms with Crippen LogP contribution in [0, 0.1) is 6.92 Å². The van der Waals surface area contributed by atoms with Crippen molar-refractivity contribution in [2.24, 2.45) is 0 Å². The quantitative estimate of drug-likeness (QED) is 0.474. The van der Waals surface area contributed by atoms with E-state index in [0.29, 0.717) is 12.2 Å². The van der Waals surface area contributed by atoms with Crippen LogP contribution in [0.4, 0.5) is 29.6 Å². The van der Waals surface area contributed by atoms with Crippen LogP contribution < -0.4 is 10.6 Å². The zero-order valence-electron chi connectivity index (χ0n) is 18.5. The minimum Gasteiger partial charge on any atom is -0.447 e. The first-order valence-electron chi connectivity index (χ1n) is 10.2. The largest absolute Gasteiger partial charge is 0.447 e. The van der Waals surface area contributed by atoms with Crippen molar-refractivity contribution in [1.82, 2.24) is 25.1 Å². The summed E-state index contributed by atoms with van der Waals surface area (Å²) in [4.78, 5) is 19.6. The third-order valence-electron chi connectivity index (χ3n) is 4.51. The van der Waals surface area contributed by atoms with Gasteiger partial charge in [0.05, 0.1) is 18.3 Å². The molecule has 0 radical (unpaired) electrons. The van der Waals surface area contributed by atoms with Gasteiger partial charge in [0.2, 0.25) is 5.95 Å². The zero-order valence-corrected chi connectivity index (χ0v) is 18.5. The third kappa shape index (κ3) is 6.93. The number of amides is 1. The molecule has 0 fully saturated rings. The van der Waals surface area contributed by atoms with Crippen LogP contribution in [-0.2, 0) is 11.3 Å². The maximum atomic E-state index is 12.9. The molecule has 176 valence electrons. The lowest BCUT2D eigenvalue weighted by Crippen LogP contribution is -2.47. The number of carbonyl (C=O) groups is 1. The maximum absolute atomic E-state index is 12.9. The predicted octanol–water partition coefficient (Wildman–Crippen LogP) is 4.80. The van der Waals surface area contributed by atoms with Crippen molar-refractivity contribution in [2.75, 3.05) is 18.6 Å². The summed E-state index contributed by atoms with van der Waals surface area (Å²) in [5.74, 6) is 0.0764. The highest BCUT2D eigenvalue weighted by Gasteiger charge is 2.22. The van der Waals surface area contributed by atoms with Crippen LogP contribution in [0.2, 0.25) is 0 Å². The number of alkyl halides is 3. The molecule has 33 heavy (non-hydrogen) atoms. The van der Waals surface area contributed by atoms with Crippen LogP contribution in [-0.4, -0.2) is 44.7 Å². The molecule has 0 saturated heterocycles. The van der Waals surface area contributed by atoms with Gasteiger partial charge in [0.25, 0.3) is 6.43 Å². The van der Waals surface area contributed by atoms with E-state index in [-0.39, 0.29) is 18.2 Å². The summed E-state index contributed by atoms with van der Waals surface area (Å²) >= 11 is 0. The molecule has 0 aliphatic carbocycles. The average molecular weight is 462 g/mol. The van der Waals surface area contributed by atoms with Gasteiger partial charge >= 0.3 is 6.09 Å². The Balaban J connectivity index is 1.74. The van der Waals surface area contributed by atoms with Crippen LogP contribution in [0.3, 0.4) is 0 Å². The highest BCUT2D eigenvalue weighted by atomic mass is 19.3. The van der Waals surface area contributed by atoms with Crippen LogP contribution in [0.5, 0.6) is 0 Å². The first-order valence-corrected chi connectivity index (χ1v) is 10.2. The number of ether oxygens (including phenoxy) is 1. The van der Waals surface area contributed by atoms with Gasteiger partial charge in [0, 0.05) is 23.6 Å². The molecular weight excluding hydrogens is 437 g/mol. The molecule has 8 nitrogen and oxygen atoms in total. The molecule has 0 atom stereocenters. The minimum atomic E-state index is -2.68. The lowest BCUT2D eigenvalue weighted by molar-refractivity contribution is 0.125. The number of nitrogens with one attached hydrogen (secondary N) is 2. The Labute approximate surface area is 189 Å². The van der Waals surface area contributed by atoms with E-state index in [1.54, 1.807) is 24.7 Å². The molecule has 0 unspecified atom stereocenters. The number of aryl methyl sites for hydroxylation is 1. The number of nitrogens with zero attached hydrogens (tertiary/aromatic N) is 4. The standard InChI is InChI=1S/C22H25F3N6O2/c1-14-8-15(10-17(9-14)28-20-26-6-4-18(29-20)19(24)25)16-11-27-31(12-16)13-22(2,3)30-21(32)33-7-5-23/h4,6,8-12,19H,5,7,13H2,1-3H3,(H,30,32)(H,26,28,29). The lowest BCUT2D eigenvalue weighted by Gasteiger charge is -2.25. The molecule has 0 aliphatic rings. The van der Waals surface area contributed by atoms with Crippen molar-refractivity contribution < 1.29 is 22.7 Å². The number of benzene rings is 1. The Bertz CT molecular complexity index is 1100. The molecule has 0 bridgehead atoms. The highest BCUT2D eigenvalue weighted by Crippen LogP contribution is 2.26. The molecule has 3 rings (SSSR count). The van der Waals surface area contributed by atoms with Crippen molar-refractivity contribution >= 4 is 17.7 Å². The fourth-order valence-corrected chi connectivity index (χ4v) is 3.19. The second-order valence-corrected chi connectivity index (χ2v) is 8.08. The van der Waals surface area contributed by atoms with E-state index in [1.165, 1.54) is 12.3 Å². The number of aromatic nitrogens is 4. The molecule has 3 aromatic rings. The fraction of sp³-hybridized carbons (Fsp3) is 0.364. The second kappa shape index (κ2) is 10.3. The maximum Gasteiger partial charge on any atom is 0.407 e. The summed E-state index contributed by atoms with van der Waals surface area (Å²) in [5.41, 5.74) is 2.20. The first-order chi connectivity index (χ1) is 15.6. The van der Waals surface area contributed by atoms with Gasteiger partial charge in [0.1, 0.15) is 19.0 Å². The molecule has 0 saturated carbocycles. The molecule has 0 aliphatic heterocycles. The molecule has 1 amide bonds. The topological polar surface area (TPSA) is 94.0 Å². The number of halogens is 3. The third-order valence-corrected chi connectivity index (χ3v) is 4.51. The summed E-state index contributed by atoms with van der Waals surface area (Å²) in [6.07, 6.45) is 1.40. The van der Waals surface area contributed by atoms with E-state index in [9.17, 15) is 18.0 Å². The highest BCUT2D eigenvalue weighted by molar-refractivity contribution is 5.70. The molecule has 2 aromatic heterocycles. The van der Waals surface area contributed by atoms with Crippen molar-refractivity contribution in [3.05, 3.63) is 54.1 Å². The van der Waals surface area contributed by atoms with Gasteiger partial charge in [-0.1, -0.05) is 6.07 Å². The molecule has 1 aromatic carbocycles. The summed E-state index contributed by atoms with van der Waals surface area (Å²) in [7, 11) is 0. The van der Waals surface area contributed by atoms with Crippen LogP contribution >= 0.6 is 0 Å². The first kappa shape index (κ1) is 24.0. The fourth-order valence-electron chi connectivity index (χ4n) is 3.19. The van der Waals surface area contributed by atoms with Gasteiger partial charge < -0.3 is 15.4 Å². The van der Waals surface area contributed by atoms with Crippen LogP contribution in [0.15, 0.2) is 42.9 Å². The van der Waals surface area contributed by atoms with Gasteiger partial charge in [-0.05, 0) is 50.1 Å². The number of alkyl carbamates (subject to hydrolysis) is 1.